The average molecular weight is 581 g/mol. The number of rotatable bonds is 12. The lowest BCUT2D eigenvalue weighted by Crippen LogP contribution is -2.48. The molecule has 4 heterocycles. The minimum absolute atomic E-state index is 0.133. The van der Waals surface area contributed by atoms with Crippen LogP contribution >= 0.6 is 0 Å². The van der Waals surface area contributed by atoms with Gasteiger partial charge in [-0.15, -0.1) is 0 Å². The normalized spacial score (nSPS) is 14.0. The summed E-state index contributed by atoms with van der Waals surface area (Å²) in [6.45, 7) is 5.58. The molecule has 3 aromatic heterocycles. The van der Waals surface area contributed by atoms with Crippen molar-refractivity contribution in [3.8, 4) is 17.2 Å². The van der Waals surface area contributed by atoms with Gasteiger partial charge in [0.2, 0.25) is 11.9 Å². The van der Waals surface area contributed by atoms with Crippen molar-refractivity contribution < 1.29 is 18.3 Å². The number of fused-ring (bicyclic) bond motifs is 1. The molecule has 3 N–H and O–H groups in total. The van der Waals surface area contributed by atoms with Crippen LogP contribution in [0.1, 0.15) is 0 Å². The van der Waals surface area contributed by atoms with Crippen molar-refractivity contribution in [1.29, 1.82) is 0 Å². The summed E-state index contributed by atoms with van der Waals surface area (Å²) in [6.07, 6.45) is 1.59. The first-order chi connectivity index (χ1) is 20.3. The summed E-state index contributed by atoms with van der Waals surface area (Å²) >= 11 is 0. The number of piperazine rings is 1. The summed E-state index contributed by atoms with van der Waals surface area (Å²) in [5.41, 5.74) is 7.92. The van der Waals surface area contributed by atoms with Crippen LogP contribution < -0.4 is 25.6 Å². The van der Waals surface area contributed by atoms with Crippen LogP contribution in [0.3, 0.4) is 0 Å². The third-order valence-corrected chi connectivity index (χ3v) is 7.32. The summed E-state index contributed by atoms with van der Waals surface area (Å²) in [5.74, 6) is 1.21. The van der Waals surface area contributed by atoms with Crippen LogP contribution in [0.2, 0.25) is 0 Å². The highest BCUT2D eigenvalue weighted by Crippen LogP contribution is 2.26. The van der Waals surface area contributed by atoms with Gasteiger partial charge in [0.25, 0.3) is 5.91 Å². The number of carbonyl (C=O) groups is 1. The number of hydrogen-bond acceptors (Lipinski definition) is 11. The molecule has 42 heavy (non-hydrogen) atoms. The topological polar surface area (TPSA) is 134 Å². The number of nitrogens with one attached hydrogen (secondary N) is 1. The molecule has 0 radical (unpaired) electrons. The van der Waals surface area contributed by atoms with Gasteiger partial charge in [-0.2, -0.15) is 19.6 Å². The molecule has 1 fully saturated rings. The maximum Gasteiger partial charge on any atom is 0.260 e. The molecule has 0 aliphatic carbocycles. The monoisotopic (exact) mass is 580 g/mol. The van der Waals surface area contributed by atoms with E-state index in [1.165, 1.54) is 10.6 Å². The van der Waals surface area contributed by atoms with Crippen LogP contribution in [0, 0.1) is 5.82 Å². The Balaban J connectivity index is 1.10. The first kappa shape index (κ1) is 29.1. The Bertz CT molecular complexity index is 1490. The molecular formula is C28H37FN10O3. The van der Waals surface area contributed by atoms with E-state index in [1.54, 1.807) is 36.4 Å². The number of nitrogen functional groups attached to an aromatic ring is 1. The Morgan fingerprint density at radius 3 is 2.67 bits per heavy atom. The van der Waals surface area contributed by atoms with E-state index in [9.17, 15) is 9.18 Å². The number of aromatic nitrogens is 4. The van der Waals surface area contributed by atoms with Gasteiger partial charge in [0.05, 0.1) is 12.0 Å². The van der Waals surface area contributed by atoms with Crippen molar-refractivity contribution in [2.75, 3.05) is 95.6 Å². The van der Waals surface area contributed by atoms with Crippen LogP contribution in [0.5, 0.6) is 5.75 Å². The van der Waals surface area contributed by atoms with Gasteiger partial charge in [-0.05, 0) is 31.3 Å². The molecule has 0 atom stereocenters. The SMILES string of the molecule is CNCCN(C)C(=O)COc1ccc(N2CCN(CCN(C)c3nc(N)n4nc(-c5ccco5)cc4n3)CC2)c(F)c1. The molecule has 4 aromatic rings. The maximum absolute atomic E-state index is 15.0. The standard InChI is InChI=1S/C28H37FN10O3/c1-31-8-9-35(2)26(40)19-42-20-6-7-23(21(29)17-20)38-14-12-37(13-15-38)11-10-36(3)28-32-25-18-22(24-5-4-16-41-24)34-39(25)27(30)33-28/h4-7,16-18,31H,8-15,19H2,1-3H3,(H2,30,32,33). The zero-order valence-electron chi connectivity index (χ0n) is 24.2. The van der Waals surface area contributed by atoms with E-state index in [0.29, 0.717) is 67.2 Å². The lowest BCUT2D eigenvalue weighted by molar-refractivity contribution is -0.132. The van der Waals surface area contributed by atoms with Crippen LogP contribution in [-0.4, -0.2) is 115 Å². The highest BCUT2D eigenvalue weighted by molar-refractivity contribution is 5.77. The number of nitrogens with two attached hydrogens (primary N) is 1. The molecule has 1 aliphatic rings. The van der Waals surface area contributed by atoms with Gasteiger partial charge in [0.1, 0.15) is 17.3 Å². The fourth-order valence-electron chi connectivity index (χ4n) is 4.71. The highest BCUT2D eigenvalue weighted by Gasteiger charge is 2.21. The third-order valence-electron chi connectivity index (χ3n) is 7.32. The zero-order valence-corrected chi connectivity index (χ0v) is 24.2. The Kier molecular flexibility index (Phi) is 9.03. The van der Waals surface area contributed by atoms with E-state index in [4.69, 9.17) is 14.9 Å². The van der Waals surface area contributed by atoms with Gasteiger partial charge in [-0.1, -0.05) is 0 Å². The lowest BCUT2D eigenvalue weighted by atomic mass is 10.2. The summed E-state index contributed by atoms with van der Waals surface area (Å²) in [5, 5.41) is 7.44. The predicted molar refractivity (Wildman–Crippen MR) is 158 cm³/mol. The van der Waals surface area contributed by atoms with Crippen molar-refractivity contribution in [1.82, 2.24) is 34.7 Å². The molecule has 14 heteroatoms. The summed E-state index contributed by atoms with van der Waals surface area (Å²) in [4.78, 5) is 29.1. The van der Waals surface area contributed by atoms with Gasteiger partial charge in [0.15, 0.2) is 18.0 Å². The second-order valence-corrected chi connectivity index (χ2v) is 10.2. The molecule has 0 bridgehead atoms. The lowest BCUT2D eigenvalue weighted by Gasteiger charge is -2.36. The van der Waals surface area contributed by atoms with E-state index in [0.717, 1.165) is 19.6 Å². The molecule has 13 nitrogen and oxygen atoms in total. The molecule has 1 aromatic carbocycles. The van der Waals surface area contributed by atoms with E-state index < -0.39 is 0 Å². The van der Waals surface area contributed by atoms with Gasteiger partial charge in [0, 0.05) is 78.6 Å². The summed E-state index contributed by atoms with van der Waals surface area (Å²) < 4.78 is 27.4. The fraction of sp³-hybridized carbons (Fsp3) is 0.429. The molecule has 1 saturated heterocycles. The minimum Gasteiger partial charge on any atom is -0.484 e. The number of anilines is 3. The van der Waals surface area contributed by atoms with Gasteiger partial charge >= 0.3 is 0 Å². The van der Waals surface area contributed by atoms with Gasteiger partial charge in [-0.3, -0.25) is 9.69 Å². The molecule has 1 aliphatic heterocycles. The number of amides is 1. The molecule has 0 saturated carbocycles. The number of carbonyl (C=O) groups excluding carboxylic acids is 1. The summed E-state index contributed by atoms with van der Waals surface area (Å²) in [6, 6.07) is 10.2. The number of ether oxygens (including phenoxy) is 1. The number of likely N-dealkylation sites (N-methyl/N-ethyl adjacent to an activating group) is 3. The van der Waals surface area contributed by atoms with Gasteiger partial charge in [-0.25, -0.2) is 4.39 Å². The van der Waals surface area contributed by atoms with E-state index in [-0.39, 0.29) is 24.3 Å². The van der Waals surface area contributed by atoms with Crippen LogP contribution in [0.25, 0.3) is 17.1 Å². The highest BCUT2D eigenvalue weighted by atomic mass is 19.1. The van der Waals surface area contributed by atoms with Crippen molar-refractivity contribution >= 4 is 29.1 Å². The average Bonchev–Trinajstić information content (AvgIpc) is 3.68. The van der Waals surface area contributed by atoms with E-state index in [2.05, 4.69) is 25.3 Å². The van der Waals surface area contributed by atoms with Crippen LogP contribution in [-0.2, 0) is 4.79 Å². The van der Waals surface area contributed by atoms with E-state index >= 15 is 0 Å². The predicted octanol–water partition coefficient (Wildman–Crippen LogP) is 1.42. The largest absolute Gasteiger partial charge is 0.484 e. The zero-order chi connectivity index (χ0) is 29.6. The first-order valence-electron chi connectivity index (χ1n) is 13.9. The molecule has 0 spiro atoms. The number of halogens is 1. The summed E-state index contributed by atoms with van der Waals surface area (Å²) in [7, 11) is 5.47. The molecule has 5 rings (SSSR count). The van der Waals surface area contributed by atoms with Crippen molar-refractivity contribution in [2.24, 2.45) is 0 Å². The molecule has 224 valence electrons. The number of nitrogens with zero attached hydrogens (tertiary/aromatic N) is 8. The van der Waals surface area contributed by atoms with Crippen molar-refractivity contribution in [2.45, 2.75) is 0 Å². The van der Waals surface area contributed by atoms with Crippen molar-refractivity contribution in [3.63, 3.8) is 0 Å². The second kappa shape index (κ2) is 13.0. The number of furan rings is 1. The molecular weight excluding hydrogens is 543 g/mol. The quantitative estimate of drug-likeness (QED) is 0.252. The fourth-order valence-corrected chi connectivity index (χ4v) is 4.71. The Morgan fingerprint density at radius 1 is 1.14 bits per heavy atom. The molecule has 1 amide bonds. The van der Waals surface area contributed by atoms with Gasteiger partial charge < -0.3 is 34.9 Å². The smallest absolute Gasteiger partial charge is 0.260 e. The maximum atomic E-state index is 15.0. The Morgan fingerprint density at radius 2 is 1.95 bits per heavy atom. The van der Waals surface area contributed by atoms with E-state index in [1.807, 2.05) is 36.0 Å². The van der Waals surface area contributed by atoms with Crippen LogP contribution in [0.15, 0.2) is 47.1 Å². The van der Waals surface area contributed by atoms with Crippen molar-refractivity contribution in [3.05, 3.63) is 48.5 Å². The minimum atomic E-state index is -0.364. The first-order valence-corrected chi connectivity index (χ1v) is 13.9. The third kappa shape index (κ3) is 6.71. The number of hydrogen-bond donors (Lipinski definition) is 2. The molecule has 0 unspecified atom stereocenters. The Labute approximate surface area is 243 Å². The Hall–Kier alpha value is -4.43. The second-order valence-electron chi connectivity index (χ2n) is 10.2. The van der Waals surface area contributed by atoms with Crippen LogP contribution in [0.4, 0.5) is 22.0 Å². The number of benzene rings is 1.